The summed E-state index contributed by atoms with van der Waals surface area (Å²) in [6.45, 7) is 23.3. The van der Waals surface area contributed by atoms with Crippen LogP contribution in [0.2, 0.25) is 0 Å². The van der Waals surface area contributed by atoms with Gasteiger partial charge in [-0.2, -0.15) is 0 Å². The number of hydrogen-bond acceptors (Lipinski definition) is 4. The molecule has 0 saturated heterocycles. The van der Waals surface area contributed by atoms with Gasteiger partial charge in [-0.3, -0.25) is 9.80 Å². The number of benzene rings is 3. The van der Waals surface area contributed by atoms with Crippen LogP contribution in [-0.2, 0) is 21.7 Å². The van der Waals surface area contributed by atoms with E-state index in [1.54, 1.807) is 0 Å². The normalized spacial score (nSPS) is 17.2. The van der Waals surface area contributed by atoms with Gasteiger partial charge < -0.3 is 0 Å². The predicted octanol–water partition coefficient (Wildman–Crippen LogP) is 9.50. The first-order chi connectivity index (χ1) is 23.1. The first kappa shape index (κ1) is 31.9. The van der Waals surface area contributed by atoms with Crippen LogP contribution in [0.15, 0.2) is 91.3 Å². The lowest BCUT2D eigenvalue weighted by molar-refractivity contribution is 0.331. The average molecular weight is 645 g/mol. The van der Waals surface area contributed by atoms with E-state index in [9.17, 15) is 0 Å². The van der Waals surface area contributed by atoms with Crippen LogP contribution in [0.5, 0.6) is 0 Å². The number of fused-ring (bicyclic) bond motifs is 5. The zero-order chi connectivity index (χ0) is 34.7. The molecule has 3 aromatic carbocycles. The number of aromatic nitrogens is 2. The first-order valence-electron chi connectivity index (χ1n) is 18.0. The van der Waals surface area contributed by atoms with Crippen LogP contribution in [-0.4, -0.2) is 16.7 Å². The van der Waals surface area contributed by atoms with Gasteiger partial charge in [0.2, 0.25) is 0 Å². The van der Waals surface area contributed by atoms with E-state index in [4.69, 9.17) is 9.97 Å². The van der Waals surface area contributed by atoms with Crippen molar-refractivity contribution in [2.45, 2.75) is 104 Å². The van der Waals surface area contributed by atoms with Gasteiger partial charge >= 0.3 is 0 Å². The zero-order valence-corrected chi connectivity index (χ0v) is 30.9. The van der Waals surface area contributed by atoms with E-state index in [1.807, 2.05) is 6.20 Å². The van der Waals surface area contributed by atoms with E-state index in [2.05, 4.69) is 164 Å². The SMILES string of the molecule is CC(C)(C)c1ccc(N2c3ccc(C(C)(C)C)cc3B3c4ccccc4N(c4cc5c(cn4)C(C)(C)CCC5(C)C)c4ccnc2c43)cc1. The Morgan fingerprint density at radius 1 is 0.612 bits per heavy atom. The van der Waals surface area contributed by atoms with Crippen molar-refractivity contribution in [1.82, 2.24) is 9.97 Å². The van der Waals surface area contributed by atoms with Crippen molar-refractivity contribution in [3.8, 4) is 0 Å². The van der Waals surface area contributed by atoms with E-state index in [-0.39, 0.29) is 28.4 Å². The Hall–Kier alpha value is -4.38. The Kier molecular flexibility index (Phi) is 6.87. The monoisotopic (exact) mass is 644 g/mol. The summed E-state index contributed by atoms with van der Waals surface area (Å²) in [5.41, 5.74) is 14.2. The van der Waals surface area contributed by atoms with Gasteiger partial charge in [-0.1, -0.05) is 112 Å². The summed E-state index contributed by atoms with van der Waals surface area (Å²) in [6, 6.07) is 29.7. The second-order valence-corrected chi connectivity index (χ2v) is 17.9. The second kappa shape index (κ2) is 10.6. The number of hydrogen-bond donors (Lipinski definition) is 0. The number of nitrogens with zero attached hydrogens (tertiary/aromatic N) is 4. The highest BCUT2D eigenvalue weighted by Crippen LogP contribution is 2.48. The molecule has 248 valence electrons. The van der Waals surface area contributed by atoms with Crippen LogP contribution < -0.4 is 26.2 Å². The lowest BCUT2D eigenvalue weighted by Gasteiger charge is -2.44. The fraction of sp³-hybridized carbons (Fsp3) is 0.364. The third-order valence-electron chi connectivity index (χ3n) is 11.6. The topological polar surface area (TPSA) is 32.3 Å². The van der Waals surface area contributed by atoms with Crippen molar-refractivity contribution in [2.24, 2.45) is 0 Å². The molecule has 0 fully saturated rings. The average Bonchev–Trinajstić information content (AvgIpc) is 3.05. The highest BCUT2D eigenvalue weighted by atomic mass is 15.2. The van der Waals surface area contributed by atoms with Crippen LogP contribution in [0.25, 0.3) is 0 Å². The summed E-state index contributed by atoms with van der Waals surface area (Å²) >= 11 is 0. The van der Waals surface area contributed by atoms with Crippen molar-refractivity contribution >= 4 is 57.5 Å². The number of para-hydroxylation sites is 1. The first-order valence-corrected chi connectivity index (χ1v) is 18.0. The molecule has 2 aromatic heterocycles. The molecular formula is C44H49BN4. The molecule has 0 saturated carbocycles. The molecule has 5 heteroatoms. The van der Waals surface area contributed by atoms with E-state index in [0.29, 0.717) is 0 Å². The Morgan fingerprint density at radius 2 is 1.24 bits per heavy atom. The summed E-state index contributed by atoms with van der Waals surface area (Å²) < 4.78 is 0. The van der Waals surface area contributed by atoms with E-state index < -0.39 is 0 Å². The second-order valence-electron chi connectivity index (χ2n) is 17.9. The van der Waals surface area contributed by atoms with E-state index in [0.717, 1.165) is 29.4 Å². The molecule has 0 N–H and O–H groups in total. The summed E-state index contributed by atoms with van der Waals surface area (Å²) in [5, 5.41) is 0. The van der Waals surface area contributed by atoms with Gasteiger partial charge in [-0.05, 0) is 110 Å². The molecule has 0 unspecified atom stereocenters. The van der Waals surface area contributed by atoms with Crippen LogP contribution in [0.3, 0.4) is 0 Å². The fourth-order valence-corrected chi connectivity index (χ4v) is 8.39. The van der Waals surface area contributed by atoms with Crippen molar-refractivity contribution in [3.63, 3.8) is 0 Å². The molecular weight excluding hydrogens is 595 g/mol. The Balaban J connectivity index is 1.40. The molecule has 0 amide bonds. The van der Waals surface area contributed by atoms with Crippen molar-refractivity contribution in [1.29, 1.82) is 0 Å². The minimum atomic E-state index is 0.0140. The molecule has 2 aliphatic heterocycles. The molecule has 8 rings (SSSR count). The van der Waals surface area contributed by atoms with Crippen LogP contribution in [0, 0.1) is 0 Å². The zero-order valence-electron chi connectivity index (χ0n) is 30.9. The lowest BCUT2D eigenvalue weighted by atomic mass is 9.33. The number of pyridine rings is 2. The molecule has 4 heterocycles. The highest BCUT2D eigenvalue weighted by molar-refractivity contribution is 7.00. The minimum absolute atomic E-state index is 0.0140. The van der Waals surface area contributed by atoms with Crippen LogP contribution in [0.4, 0.5) is 34.4 Å². The summed E-state index contributed by atoms with van der Waals surface area (Å²) in [5.74, 6) is 1.96. The van der Waals surface area contributed by atoms with Gasteiger partial charge in [-0.15, -0.1) is 0 Å². The lowest BCUT2D eigenvalue weighted by Crippen LogP contribution is -2.61. The molecule has 3 aliphatic rings. The van der Waals surface area contributed by atoms with Crippen molar-refractivity contribution in [2.75, 3.05) is 9.80 Å². The van der Waals surface area contributed by atoms with E-state index in [1.165, 1.54) is 56.4 Å². The molecule has 0 spiro atoms. The maximum absolute atomic E-state index is 5.27. The van der Waals surface area contributed by atoms with Crippen LogP contribution in [0.1, 0.15) is 104 Å². The predicted molar refractivity (Wildman–Crippen MR) is 209 cm³/mol. The fourth-order valence-electron chi connectivity index (χ4n) is 8.39. The number of anilines is 6. The standard InChI is InChI=1S/C44H49BN4/c1-41(2,3)28-15-18-30(19-16-28)48-36-20-17-29(42(4,5)6)25-34(36)45-33-13-11-12-14-35(33)49(37-21-24-46-40(48)39(37)45)38-26-31-32(27-47-38)44(9,10)23-22-43(31,7)8/h11-21,24-27H,22-23H2,1-10H3. The summed E-state index contributed by atoms with van der Waals surface area (Å²) in [4.78, 5) is 15.3. The third-order valence-corrected chi connectivity index (χ3v) is 11.6. The Labute approximate surface area is 293 Å². The highest BCUT2D eigenvalue weighted by Gasteiger charge is 2.45. The maximum Gasteiger partial charge on any atom is 0.254 e. The van der Waals surface area contributed by atoms with Gasteiger partial charge in [0.25, 0.3) is 6.71 Å². The Bertz CT molecular complexity index is 2110. The molecule has 4 nitrogen and oxygen atoms in total. The smallest absolute Gasteiger partial charge is 0.254 e. The molecule has 0 atom stereocenters. The van der Waals surface area contributed by atoms with Gasteiger partial charge in [0.15, 0.2) is 0 Å². The number of rotatable bonds is 2. The Morgan fingerprint density at radius 3 is 1.94 bits per heavy atom. The van der Waals surface area contributed by atoms with Gasteiger partial charge in [0.05, 0.1) is 0 Å². The van der Waals surface area contributed by atoms with Crippen LogP contribution >= 0.6 is 0 Å². The van der Waals surface area contributed by atoms with Gasteiger partial charge in [0.1, 0.15) is 11.6 Å². The summed E-state index contributed by atoms with van der Waals surface area (Å²) in [6.07, 6.45) is 6.49. The van der Waals surface area contributed by atoms with Crippen molar-refractivity contribution in [3.05, 3.63) is 114 Å². The molecule has 5 aromatic rings. The molecule has 1 aliphatic carbocycles. The van der Waals surface area contributed by atoms with Gasteiger partial charge in [-0.25, -0.2) is 9.97 Å². The molecule has 0 bridgehead atoms. The van der Waals surface area contributed by atoms with Gasteiger partial charge in [0, 0.05) is 35.1 Å². The molecule has 0 radical (unpaired) electrons. The largest absolute Gasteiger partial charge is 0.296 e. The van der Waals surface area contributed by atoms with Crippen molar-refractivity contribution < 1.29 is 0 Å². The maximum atomic E-state index is 5.27. The van der Waals surface area contributed by atoms with E-state index >= 15 is 0 Å². The molecule has 49 heavy (non-hydrogen) atoms. The minimum Gasteiger partial charge on any atom is -0.296 e. The quantitative estimate of drug-likeness (QED) is 0.176. The summed E-state index contributed by atoms with van der Waals surface area (Å²) in [7, 11) is 0. The third kappa shape index (κ3) is 4.95.